The van der Waals surface area contributed by atoms with Gasteiger partial charge in [-0.2, -0.15) is 0 Å². The number of nitrogens with one attached hydrogen (secondary N) is 3. The molecule has 7 nitrogen and oxygen atoms in total. The van der Waals surface area contributed by atoms with E-state index in [1.165, 1.54) is 12.0 Å². The Morgan fingerprint density at radius 1 is 1.19 bits per heavy atom. The molecule has 0 aliphatic carbocycles. The molecule has 1 aromatic heterocycles. The van der Waals surface area contributed by atoms with E-state index < -0.39 is 10.0 Å². The minimum atomic E-state index is -3.54. The molecule has 0 spiro atoms. The summed E-state index contributed by atoms with van der Waals surface area (Å²) in [6.07, 6.45) is 0.930. The zero-order chi connectivity index (χ0) is 19.5. The Morgan fingerprint density at radius 2 is 2.04 bits per heavy atom. The Kier molecular flexibility index (Phi) is 8.73. The molecule has 0 saturated carbocycles. The molecule has 2 rings (SSSR count). The molecule has 1 aromatic carbocycles. The second-order valence-corrected chi connectivity index (χ2v) is 8.52. The maximum Gasteiger partial charge on any atom is 0.240 e. The van der Waals surface area contributed by atoms with E-state index in [9.17, 15) is 8.42 Å². The SMILES string of the molecule is CN=C(NCCc1cccs1)NCc1cccc(S(=O)(=O)NCCOC)c1. The maximum atomic E-state index is 12.3. The number of guanidine groups is 1. The van der Waals surface area contributed by atoms with Crippen molar-refractivity contribution in [3.05, 3.63) is 52.2 Å². The summed E-state index contributed by atoms with van der Waals surface area (Å²) in [7, 11) is -0.302. The first-order valence-electron chi connectivity index (χ1n) is 8.59. The van der Waals surface area contributed by atoms with Crippen molar-refractivity contribution in [2.45, 2.75) is 17.9 Å². The lowest BCUT2D eigenvalue weighted by atomic mass is 10.2. The minimum Gasteiger partial charge on any atom is -0.383 e. The van der Waals surface area contributed by atoms with Gasteiger partial charge in [0.15, 0.2) is 5.96 Å². The summed E-state index contributed by atoms with van der Waals surface area (Å²) in [5, 5.41) is 8.53. The number of nitrogens with zero attached hydrogens (tertiary/aromatic N) is 1. The highest BCUT2D eigenvalue weighted by atomic mass is 32.2. The van der Waals surface area contributed by atoms with Gasteiger partial charge in [0.1, 0.15) is 0 Å². The summed E-state index contributed by atoms with van der Waals surface area (Å²) in [4.78, 5) is 5.75. The topological polar surface area (TPSA) is 91.8 Å². The van der Waals surface area contributed by atoms with Gasteiger partial charge in [-0.25, -0.2) is 13.1 Å². The van der Waals surface area contributed by atoms with Crippen LogP contribution in [-0.4, -0.2) is 48.2 Å². The van der Waals surface area contributed by atoms with Gasteiger partial charge in [0, 0.05) is 38.7 Å². The van der Waals surface area contributed by atoms with Crippen LogP contribution in [0.2, 0.25) is 0 Å². The lowest BCUT2D eigenvalue weighted by molar-refractivity contribution is 0.204. The molecule has 27 heavy (non-hydrogen) atoms. The Hall–Kier alpha value is -1.94. The van der Waals surface area contributed by atoms with Crippen LogP contribution in [0.5, 0.6) is 0 Å². The first-order chi connectivity index (χ1) is 13.0. The summed E-state index contributed by atoms with van der Waals surface area (Å²) in [6, 6.07) is 11.0. The third kappa shape index (κ3) is 7.30. The third-order valence-corrected chi connectivity index (χ3v) is 6.13. The highest BCUT2D eigenvalue weighted by Gasteiger charge is 2.13. The van der Waals surface area contributed by atoms with Gasteiger partial charge in [-0.3, -0.25) is 4.99 Å². The smallest absolute Gasteiger partial charge is 0.240 e. The second-order valence-electron chi connectivity index (χ2n) is 5.72. The summed E-state index contributed by atoms with van der Waals surface area (Å²) in [5.41, 5.74) is 0.853. The zero-order valence-corrected chi connectivity index (χ0v) is 17.2. The fourth-order valence-electron chi connectivity index (χ4n) is 2.35. The van der Waals surface area contributed by atoms with Gasteiger partial charge < -0.3 is 15.4 Å². The Morgan fingerprint density at radius 3 is 2.74 bits per heavy atom. The van der Waals surface area contributed by atoms with Gasteiger partial charge in [-0.05, 0) is 35.6 Å². The second kappa shape index (κ2) is 11.0. The van der Waals surface area contributed by atoms with Crippen molar-refractivity contribution in [2.24, 2.45) is 4.99 Å². The molecule has 1 heterocycles. The summed E-state index contributed by atoms with van der Waals surface area (Å²) >= 11 is 1.73. The van der Waals surface area contributed by atoms with Gasteiger partial charge in [-0.1, -0.05) is 18.2 Å². The van der Waals surface area contributed by atoms with Crippen molar-refractivity contribution < 1.29 is 13.2 Å². The van der Waals surface area contributed by atoms with Gasteiger partial charge in [-0.15, -0.1) is 11.3 Å². The fraction of sp³-hybridized carbons (Fsp3) is 0.389. The van der Waals surface area contributed by atoms with E-state index in [0.717, 1.165) is 18.5 Å². The van der Waals surface area contributed by atoms with Crippen LogP contribution < -0.4 is 15.4 Å². The highest BCUT2D eigenvalue weighted by Crippen LogP contribution is 2.11. The van der Waals surface area contributed by atoms with Crippen molar-refractivity contribution in [1.29, 1.82) is 0 Å². The van der Waals surface area contributed by atoms with E-state index in [2.05, 4.69) is 31.8 Å². The Bertz CT molecular complexity index is 821. The van der Waals surface area contributed by atoms with E-state index in [1.807, 2.05) is 12.1 Å². The number of hydrogen-bond donors (Lipinski definition) is 3. The average molecular weight is 411 g/mol. The van der Waals surface area contributed by atoms with Crippen LogP contribution in [0.15, 0.2) is 51.7 Å². The molecule has 0 aliphatic rings. The lowest BCUT2D eigenvalue weighted by Crippen LogP contribution is -2.37. The molecular formula is C18H26N4O3S2. The van der Waals surface area contributed by atoms with Crippen LogP contribution >= 0.6 is 11.3 Å². The molecule has 3 N–H and O–H groups in total. The molecule has 0 saturated heterocycles. The van der Waals surface area contributed by atoms with Crippen molar-refractivity contribution in [2.75, 3.05) is 33.9 Å². The largest absolute Gasteiger partial charge is 0.383 e. The van der Waals surface area contributed by atoms with E-state index >= 15 is 0 Å². The number of rotatable bonds is 10. The molecule has 9 heteroatoms. The number of benzene rings is 1. The quantitative estimate of drug-likeness (QED) is 0.314. The van der Waals surface area contributed by atoms with Crippen LogP contribution in [0.4, 0.5) is 0 Å². The summed E-state index contributed by atoms with van der Waals surface area (Å²) in [5.74, 6) is 0.679. The minimum absolute atomic E-state index is 0.235. The average Bonchev–Trinajstić information content (AvgIpc) is 3.18. The molecule has 148 valence electrons. The molecule has 0 fully saturated rings. The van der Waals surface area contributed by atoms with Crippen molar-refractivity contribution >= 4 is 27.3 Å². The molecule has 0 unspecified atom stereocenters. The summed E-state index contributed by atoms with van der Waals surface area (Å²) in [6.45, 7) is 1.81. The third-order valence-electron chi connectivity index (χ3n) is 3.73. The summed E-state index contributed by atoms with van der Waals surface area (Å²) < 4.78 is 32.0. The van der Waals surface area contributed by atoms with Gasteiger partial charge in [0.05, 0.1) is 11.5 Å². The Labute approximate surface area is 164 Å². The van der Waals surface area contributed by atoms with Gasteiger partial charge >= 0.3 is 0 Å². The number of methoxy groups -OCH3 is 1. The first kappa shape index (κ1) is 21.4. The lowest BCUT2D eigenvalue weighted by Gasteiger charge is -2.12. The molecular weight excluding hydrogens is 384 g/mol. The van der Waals surface area contributed by atoms with E-state index in [-0.39, 0.29) is 11.4 Å². The first-order valence-corrected chi connectivity index (χ1v) is 11.0. The number of sulfonamides is 1. The van der Waals surface area contributed by atoms with E-state index in [0.29, 0.717) is 19.1 Å². The monoisotopic (exact) mass is 410 g/mol. The standard InChI is InChI=1S/C18H26N4O3S2/c1-19-18(20-9-8-16-6-4-12-26-16)21-14-15-5-3-7-17(13-15)27(23,24)22-10-11-25-2/h3-7,12-13,22H,8-11,14H2,1-2H3,(H2,19,20,21). The van der Waals surface area contributed by atoms with Crippen LogP contribution in [0.3, 0.4) is 0 Å². The predicted molar refractivity (Wildman–Crippen MR) is 110 cm³/mol. The molecule has 0 radical (unpaired) electrons. The molecule has 0 bridgehead atoms. The van der Waals surface area contributed by atoms with E-state index in [1.54, 1.807) is 36.6 Å². The van der Waals surface area contributed by atoms with Crippen molar-refractivity contribution in [1.82, 2.24) is 15.4 Å². The highest BCUT2D eigenvalue weighted by molar-refractivity contribution is 7.89. The predicted octanol–water partition coefficient (Wildman–Crippen LogP) is 1.58. The van der Waals surface area contributed by atoms with Crippen LogP contribution in [0.25, 0.3) is 0 Å². The van der Waals surface area contributed by atoms with Crippen molar-refractivity contribution in [3.8, 4) is 0 Å². The zero-order valence-electron chi connectivity index (χ0n) is 15.6. The number of aliphatic imine (C=N–C) groups is 1. The Balaban J connectivity index is 1.87. The number of ether oxygens (including phenoxy) is 1. The number of hydrogen-bond acceptors (Lipinski definition) is 5. The molecule has 0 aliphatic heterocycles. The van der Waals surface area contributed by atoms with Crippen LogP contribution in [0, 0.1) is 0 Å². The molecule has 0 atom stereocenters. The normalized spacial score (nSPS) is 12.1. The van der Waals surface area contributed by atoms with Gasteiger partial charge in [0.2, 0.25) is 10.0 Å². The maximum absolute atomic E-state index is 12.3. The molecule has 0 amide bonds. The van der Waals surface area contributed by atoms with Crippen molar-refractivity contribution in [3.63, 3.8) is 0 Å². The number of thiophene rings is 1. The fourth-order valence-corrected chi connectivity index (χ4v) is 4.14. The molecule has 2 aromatic rings. The van der Waals surface area contributed by atoms with E-state index in [4.69, 9.17) is 4.74 Å². The van der Waals surface area contributed by atoms with Crippen LogP contribution in [0.1, 0.15) is 10.4 Å². The van der Waals surface area contributed by atoms with Gasteiger partial charge in [0.25, 0.3) is 0 Å². The van der Waals surface area contributed by atoms with Crippen LogP contribution in [-0.2, 0) is 27.7 Å².